The Morgan fingerprint density at radius 1 is 0.972 bits per heavy atom. The first-order chi connectivity index (χ1) is 17.4. The molecule has 5 rings (SSSR count). The highest BCUT2D eigenvalue weighted by Gasteiger charge is 2.42. The van der Waals surface area contributed by atoms with Crippen molar-refractivity contribution in [1.29, 1.82) is 0 Å². The fourth-order valence-electron chi connectivity index (χ4n) is 4.56. The van der Waals surface area contributed by atoms with E-state index in [4.69, 9.17) is 25.8 Å². The Labute approximate surface area is 213 Å². The number of halogens is 1. The lowest BCUT2D eigenvalue weighted by atomic mass is 9.95. The highest BCUT2D eigenvalue weighted by atomic mass is 35.5. The van der Waals surface area contributed by atoms with Gasteiger partial charge in [0.15, 0.2) is 11.5 Å². The zero-order valence-corrected chi connectivity index (χ0v) is 20.7. The number of ether oxygens (including phenoxy) is 3. The van der Waals surface area contributed by atoms with Gasteiger partial charge in [0, 0.05) is 22.7 Å². The normalized spacial score (nSPS) is 14.6. The number of aromatic amines is 1. The number of H-pyrrole nitrogens is 1. The number of methoxy groups -OCH3 is 3. The quantitative estimate of drug-likeness (QED) is 0.358. The van der Waals surface area contributed by atoms with Crippen molar-refractivity contribution in [3.05, 3.63) is 88.1 Å². The van der Waals surface area contributed by atoms with E-state index < -0.39 is 6.04 Å². The van der Waals surface area contributed by atoms with Crippen LogP contribution in [0, 0.1) is 0 Å². The molecule has 0 saturated carbocycles. The van der Waals surface area contributed by atoms with Gasteiger partial charge in [-0.1, -0.05) is 29.8 Å². The molecule has 8 nitrogen and oxygen atoms in total. The number of carbonyl (C=O) groups is 1. The summed E-state index contributed by atoms with van der Waals surface area (Å²) in [6, 6.07) is 17.3. The van der Waals surface area contributed by atoms with Gasteiger partial charge in [0.05, 0.1) is 27.4 Å². The topological polar surface area (TPSA) is 96.9 Å². The number of benzene rings is 3. The molecule has 2 heterocycles. The number of nitrogens with one attached hydrogen (secondary N) is 1. The summed E-state index contributed by atoms with van der Waals surface area (Å²) in [4.78, 5) is 15.4. The molecular weight excluding hydrogens is 482 g/mol. The zero-order chi connectivity index (χ0) is 25.4. The van der Waals surface area contributed by atoms with Crippen molar-refractivity contribution in [2.75, 3.05) is 21.3 Å². The van der Waals surface area contributed by atoms with Gasteiger partial charge in [-0.3, -0.25) is 9.89 Å². The SMILES string of the molecule is COc1ccc(CN2C(=O)c3[nH]nc(-c4cc(Cl)ccc4O)c3C2c2ccc(OC)c(OC)c2)cc1. The summed E-state index contributed by atoms with van der Waals surface area (Å²) in [7, 11) is 4.74. The smallest absolute Gasteiger partial charge is 0.273 e. The molecule has 0 saturated heterocycles. The largest absolute Gasteiger partial charge is 0.507 e. The number of fused-ring (bicyclic) bond motifs is 1. The molecule has 1 aliphatic rings. The van der Waals surface area contributed by atoms with Gasteiger partial charge in [0.1, 0.15) is 22.9 Å². The average molecular weight is 506 g/mol. The third kappa shape index (κ3) is 3.99. The number of hydrogen-bond donors (Lipinski definition) is 2. The minimum absolute atomic E-state index is 0.0146. The van der Waals surface area contributed by atoms with Gasteiger partial charge in [-0.15, -0.1) is 0 Å². The van der Waals surface area contributed by atoms with Crippen molar-refractivity contribution in [1.82, 2.24) is 15.1 Å². The van der Waals surface area contributed by atoms with Crippen LogP contribution in [0.15, 0.2) is 60.7 Å². The van der Waals surface area contributed by atoms with E-state index in [0.717, 1.165) is 16.9 Å². The van der Waals surface area contributed by atoms with Crippen LogP contribution in [0.3, 0.4) is 0 Å². The molecule has 36 heavy (non-hydrogen) atoms. The molecule has 0 aliphatic carbocycles. The Hall–Kier alpha value is -4.17. The van der Waals surface area contributed by atoms with E-state index in [9.17, 15) is 9.90 Å². The average Bonchev–Trinajstić information content (AvgIpc) is 3.44. The fraction of sp³-hybridized carbons (Fsp3) is 0.185. The van der Waals surface area contributed by atoms with E-state index in [-0.39, 0.29) is 11.7 Å². The van der Waals surface area contributed by atoms with E-state index in [0.29, 0.717) is 45.6 Å². The second-order valence-electron chi connectivity index (χ2n) is 8.32. The van der Waals surface area contributed by atoms with E-state index in [1.807, 2.05) is 36.4 Å². The first kappa shape index (κ1) is 23.6. The van der Waals surface area contributed by atoms with Crippen LogP contribution < -0.4 is 14.2 Å². The second-order valence-corrected chi connectivity index (χ2v) is 8.76. The van der Waals surface area contributed by atoms with Crippen LogP contribution in [0.1, 0.15) is 33.2 Å². The Kier molecular flexibility index (Phi) is 6.20. The van der Waals surface area contributed by atoms with Crippen LogP contribution in [0.25, 0.3) is 11.3 Å². The number of phenolic OH excluding ortho intramolecular Hbond substituents is 1. The minimum atomic E-state index is -0.512. The van der Waals surface area contributed by atoms with Gasteiger partial charge in [-0.25, -0.2) is 0 Å². The molecule has 3 aromatic carbocycles. The highest BCUT2D eigenvalue weighted by Crippen LogP contribution is 2.46. The number of amides is 1. The third-order valence-electron chi connectivity index (χ3n) is 6.31. The maximum Gasteiger partial charge on any atom is 0.273 e. The van der Waals surface area contributed by atoms with Crippen LogP contribution in [-0.2, 0) is 6.54 Å². The van der Waals surface area contributed by atoms with Crippen molar-refractivity contribution in [3.63, 3.8) is 0 Å². The Morgan fingerprint density at radius 3 is 2.42 bits per heavy atom. The van der Waals surface area contributed by atoms with E-state index >= 15 is 0 Å². The first-order valence-corrected chi connectivity index (χ1v) is 11.6. The highest BCUT2D eigenvalue weighted by molar-refractivity contribution is 6.31. The third-order valence-corrected chi connectivity index (χ3v) is 6.55. The monoisotopic (exact) mass is 505 g/mol. The number of carbonyl (C=O) groups excluding carboxylic acids is 1. The Morgan fingerprint density at radius 2 is 1.72 bits per heavy atom. The number of nitrogens with zero attached hydrogens (tertiary/aromatic N) is 2. The molecule has 1 aliphatic heterocycles. The van der Waals surface area contributed by atoms with Crippen LogP contribution >= 0.6 is 11.6 Å². The number of hydrogen-bond acceptors (Lipinski definition) is 6. The summed E-state index contributed by atoms with van der Waals surface area (Å²) in [6.07, 6.45) is 0. The Balaban J connectivity index is 1.66. The van der Waals surface area contributed by atoms with Crippen molar-refractivity contribution >= 4 is 17.5 Å². The van der Waals surface area contributed by atoms with Crippen molar-refractivity contribution in [2.45, 2.75) is 12.6 Å². The van der Waals surface area contributed by atoms with Gasteiger partial charge in [-0.05, 0) is 53.6 Å². The summed E-state index contributed by atoms with van der Waals surface area (Å²) < 4.78 is 16.2. The predicted octanol–water partition coefficient (Wildman–Crippen LogP) is 5.21. The van der Waals surface area contributed by atoms with Crippen LogP contribution in [0.4, 0.5) is 0 Å². The molecule has 0 fully saturated rings. The summed E-state index contributed by atoms with van der Waals surface area (Å²) in [5, 5.41) is 18.4. The van der Waals surface area contributed by atoms with Gasteiger partial charge in [0.2, 0.25) is 0 Å². The number of rotatable bonds is 7. The lowest BCUT2D eigenvalue weighted by Crippen LogP contribution is -2.29. The molecule has 0 spiro atoms. The fourth-order valence-corrected chi connectivity index (χ4v) is 4.73. The number of aromatic hydroxyl groups is 1. The Bertz CT molecular complexity index is 1430. The van der Waals surface area contributed by atoms with Crippen LogP contribution in [0.2, 0.25) is 5.02 Å². The second kappa shape index (κ2) is 9.47. The van der Waals surface area contributed by atoms with Gasteiger partial charge in [0.25, 0.3) is 5.91 Å². The number of phenols is 1. The van der Waals surface area contributed by atoms with Crippen molar-refractivity contribution in [2.24, 2.45) is 0 Å². The van der Waals surface area contributed by atoms with E-state index in [1.54, 1.807) is 44.4 Å². The molecule has 1 unspecified atom stereocenters. The summed E-state index contributed by atoms with van der Waals surface area (Å²) in [5.74, 6) is 1.65. The predicted molar refractivity (Wildman–Crippen MR) is 135 cm³/mol. The summed E-state index contributed by atoms with van der Waals surface area (Å²) in [6.45, 7) is 0.339. The standard InChI is InChI=1S/C27H24ClN3O5/c1-34-18-8-4-15(5-9-18)14-31-26(16-6-11-21(35-2)22(12-16)36-3)23-24(29-30-25(23)27(31)33)19-13-17(28)7-10-20(19)32/h4-13,26,32H,14H2,1-3H3,(H,29,30). The molecule has 1 amide bonds. The molecule has 184 valence electrons. The summed E-state index contributed by atoms with van der Waals surface area (Å²) >= 11 is 6.23. The van der Waals surface area contributed by atoms with Gasteiger partial charge in [-0.2, -0.15) is 5.10 Å². The first-order valence-electron chi connectivity index (χ1n) is 11.2. The van der Waals surface area contributed by atoms with Gasteiger partial charge < -0.3 is 24.2 Å². The molecule has 9 heteroatoms. The lowest BCUT2D eigenvalue weighted by Gasteiger charge is -2.27. The van der Waals surface area contributed by atoms with Crippen molar-refractivity contribution in [3.8, 4) is 34.3 Å². The molecule has 0 radical (unpaired) electrons. The van der Waals surface area contributed by atoms with Gasteiger partial charge >= 0.3 is 0 Å². The lowest BCUT2D eigenvalue weighted by molar-refractivity contribution is 0.0730. The molecule has 4 aromatic rings. The maximum atomic E-state index is 13.7. The zero-order valence-electron chi connectivity index (χ0n) is 19.9. The van der Waals surface area contributed by atoms with Crippen LogP contribution in [-0.4, -0.2) is 47.4 Å². The number of aromatic nitrogens is 2. The van der Waals surface area contributed by atoms with E-state index in [2.05, 4.69) is 10.2 Å². The minimum Gasteiger partial charge on any atom is -0.507 e. The van der Waals surface area contributed by atoms with Crippen molar-refractivity contribution < 1.29 is 24.1 Å². The molecular formula is C27H24ClN3O5. The van der Waals surface area contributed by atoms with Crippen LogP contribution in [0.5, 0.6) is 23.0 Å². The molecule has 1 aromatic heterocycles. The van der Waals surface area contributed by atoms with E-state index in [1.165, 1.54) is 6.07 Å². The molecule has 2 N–H and O–H groups in total. The summed E-state index contributed by atoms with van der Waals surface area (Å²) in [5.41, 5.74) is 3.63. The maximum absolute atomic E-state index is 13.7. The molecule has 0 bridgehead atoms. The molecule has 1 atom stereocenters.